The highest BCUT2D eigenvalue weighted by Crippen LogP contribution is 2.38. The number of methoxy groups -OCH3 is 1. The topological polar surface area (TPSA) is 80.3 Å². The number of ether oxygens (including phenoxy) is 1. The van der Waals surface area contributed by atoms with Crippen LogP contribution in [0.1, 0.15) is 20.5 Å². The number of amides is 2. The Labute approximate surface area is 220 Å². The van der Waals surface area contributed by atoms with Gasteiger partial charge in [0.15, 0.2) is 5.13 Å². The molecule has 5 aromatic rings. The Morgan fingerprint density at radius 3 is 2.58 bits per heavy atom. The number of anilines is 2. The van der Waals surface area contributed by atoms with E-state index in [4.69, 9.17) is 4.74 Å². The van der Waals surface area contributed by atoms with Crippen molar-refractivity contribution in [1.82, 2.24) is 4.98 Å². The number of nitrogens with zero attached hydrogens (tertiary/aromatic N) is 1. The summed E-state index contributed by atoms with van der Waals surface area (Å²) in [7, 11) is 1.62. The van der Waals surface area contributed by atoms with Crippen LogP contribution in [0.5, 0.6) is 5.75 Å². The summed E-state index contributed by atoms with van der Waals surface area (Å²) in [6.07, 6.45) is 0. The first kappa shape index (κ1) is 24.1. The van der Waals surface area contributed by atoms with Gasteiger partial charge in [-0.1, -0.05) is 53.8 Å². The summed E-state index contributed by atoms with van der Waals surface area (Å²) in [6.45, 7) is 0. The Morgan fingerprint density at radius 1 is 0.944 bits per heavy atom. The Bertz CT molecular complexity index is 1500. The molecule has 2 heterocycles. The third-order valence-electron chi connectivity index (χ3n) is 5.26. The van der Waals surface area contributed by atoms with Crippen molar-refractivity contribution >= 4 is 67.3 Å². The zero-order valence-corrected chi connectivity index (χ0v) is 21.6. The Balaban J connectivity index is 1.37. The lowest BCUT2D eigenvalue weighted by Gasteiger charge is -2.17. The number of hydrogen-bond donors (Lipinski definition) is 2. The molecular formula is C27H21N3O3S3. The third kappa shape index (κ3) is 5.59. The minimum absolute atomic E-state index is 0.156. The molecule has 9 heteroatoms. The molecule has 0 aliphatic rings. The minimum Gasteiger partial charge on any atom is -0.497 e. The summed E-state index contributed by atoms with van der Waals surface area (Å²) in [5.74, 6) is 0.412. The maximum atomic E-state index is 13.5. The number of aromatic nitrogens is 1. The van der Waals surface area contributed by atoms with Crippen molar-refractivity contribution in [1.29, 1.82) is 0 Å². The molecule has 1 atom stereocenters. The van der Waals surface area contributed by atoms with E-state index in [0.29, 0.717) is 15.7 Å². The van der Waals surface area contributed by atoms with Crippen LogP contribution in [0.25, 0.3) is 10.2 Å². The number of thiophene rings is 1. The van der Waals surface area contributed by atoms with Crippen molar-refractivity contribution in [2.24, 2.45) is 0 Å². The van der Waals surface area contributed by atoms with E-state index in [0.717, 1.165) is 26.4 Å². The SMILES string of the molecule is COc1ccc2nc(NC(=O)C(Sc3cccc(NC(=O)c4cccs4)c3)c3ccccc3)sc2c1. The van der Waals surface area contributed by atoms with Crippen LogP contribution in [-0.4, -0.2) is 23.9 Å². The van der Waals surface area contributed by atoms with Crippen molar-refractivity contribution in [2.45, 2.75) is 10.1 Å². The van der Waals surface area contributed by atoms with E-state index in [-0.39, 0.29) is 11.8 Å². The van der Waals surface area contributed by atoms with E-state index < -0.39 is 5.25 Å². The van der Waals surface area contributed by atoms with Gasteiger partial charge in [-0.05, 0) is 53.4 Å². The lowest BCUT2D eigenvalue weighted by atomic mass is 10.1. The van der Waals surface area contributed by atoms with Gasteiger partial charge in [0.05, 0.1) is 22.2 Å². The number of nitrogens with one attached hydrogen (secondary N) is 2. The number of rotatable bonds is 8. The Hall–Kier alpha value is -3.66. The van der Waals surface area contributed by atoms with E-state index in [2.05, 4.69) is 15.6 Å². The van der Waals surface area contributed by atoms with Gasteiger partial charge in [0, 0.05) is 10.6 Å². The first-order chi connectivity index (χ1) is 17.6. The van der Waals surface area contributed by atoms with Crippen LogP contribution in [0.15, 0.2) is 95.2 Å². The standard InChI is InChI=1S/C27H21N3O3S3/c1-33-19-12-13-21-23(16-19)36-27(29-21)30-26(32)24(17-7-3-2-4-8-17)35-20-10-5-9-18(15-20)28-25(31)22-11-6-14-34-22/h2-16,24H,1H3,(H,28,31)(H,29,30,32). The lowest BCUT2D eigenvalue weighted by Crippen LogP contribution is -2.19. The number of benzene rings is 3. The predicted octanol–water partition coefficient (Wildman–Crippen LogP) is 7.09. The average molecular weight is 532 g/mol. The average Bonchev–Trinajstić information content (AvgIpc) is 3.57. The van der Waals surface area contributed by atoms with Crippen LogP contribution in [0.4, 0.5) is 10.8 Å². The first-order valence-electron chi connectivity index (χ1n) is 11.0. The van der Waals surface area contributed by atoms with E-state index in [1.807, 2.05) is 84.2 Å². The maximum absolute atomic E-state index is 13.5. The van der Waals surface area contributed by atoms with Gasteiger partial charge < -0.3 is 15.4 Å². The van der Waals surface area contributed by atoms with Gasteiger partial charge in [-0.2, -0.15) is 0 Å². The molecule has 180 valence electrons. The second-order valence-corrected chi connectivity index (χ2v) is 10.9. The molecule has 1 unspecified atom stereocenters. The third-order valence-corrected chi connectivity index (χ3v) is 8.31. The van der Waals surface area contributed by atoms with Gasteiger partial charge in [-0.25, -0.2) is 4.98 Å². The van der Waals surface area contributed by atoms with Crippen LogP contribution in [0, 0.1) is 0 Å². The Kier molecular flexibility index (Phi) is 7.31. The van der Waals surface area contributed by atoms with Gasteiger partial charge in [-0.3, -0.25) is 9.59 Å². The van der Waals surface area contributed by atoms with Crippen molar-refractivity contribution < 1.29 is 14.3 Å². The number of fused-ring (bicyclic) bond motifs is 1. The van der Waals surface area contributed by atoms with Crippen molar-refractivity contribution in [3.63, 3.8) is 0 Å². The molecule has 0 aliphatic heterocycles. The second-order valence-electron chi connectivity index (χ2n) is 7.71. The number of carbonyl (C=O) groups excluding carboxylic acids is 2. The van der Waals surface area contributed by atoms with E-state index in [1.165, 1.54) is 34.4 Å². The highest BCUT2D eigenvalue weighted by Gasteiger charge is 2.23. The highest BCUT2D eigenvalue weighted by atomic mass is 32.2. The van der Waals surface area contributed by atoms with E-state index >= 15 is 0 Å². The highest BCUT2D eigenvalue weighted by molar-refractivity contribution is 8.00. The zero-order valence-electron chi connectivity index (χ0n) is 19.1. The monoisotopic (exact) mass is 531 g/mol. The fourth-order valence-corrected chi connectivity index (χ4v) is 6.14. The van der Waals surface area contributed by atoms with Crippen molar-refractivity contribution in [2.75, 3.05) is 17.7 Å². The van der Waals surface area contributed by atoms with Crippen LogP contribution in [-0.2, 0) is 4.79 Å². The fraction of sp³-hybridized carbons (Fsp3) is 0.0741. The summed E-state index contributed by atoms with van der Waals surface area (Å²) in [4.78, 5) is 32.0. The fourth-order valence-electron chi connectivity index (χ4n) is 3.54. The zero-order chi connectivity index (χ0) is 24.9. The van der Waals surface area contributed by atoms with E-state index in [1.54, 1.807) is 13.2 Å². The first-order valence-corrected chi connectivity index (χ1v) is 13.6. The summed E-state index contributed by atoms with van der Waals surface area (Å²) in [5, 5.41) is 7.80. The quantitative estimate of drug-likeness (QED) is 0.209. The molecule has 0 spiro atoms. The lowest BCUT2D eigenvalue weighted by molar-refractivity contribution is -0.115. The van der Waals surface area contributed by atoms with Crippen molar-refractivity contribution in [3.05, 3.63) is 101 Å². The largest absolute Gasteiger partial charge is 0.497 e. The van der Waals surface area contributed by atoms with Gasteiger partial charge in [0.1, 0.15) is 11.0 Å². The number of thioether (sulfide) groups is 1. The van der Waals surface area contributed by atoms with Gasteiger partial charge >= 0.3 is 0 Å². The molecule has 5 rings (SSSR count). The molecule has 6 nitrogen and oxygen atoms in total. The van der Waals surface area contributed by atoms with Crippen LogP contribution >= 0.6 is 34.4 Å². The smallest absolute Gasteiger partial charge is 0.265 e. The second kappa shape index (κ2) is 10.9. The molecule has 36 heavy (non-hydrogen) atoms. The summed E-state index contributed by atoms with van der Waals surface area (Å²) in [6, 6.07) is 26.4. The molecule has 3 aromatic carbocycles. The molecule has 2 aromatic heterocycles. The number of thiazole rings is 1. The predicted molar refractivity (Wildman–Crippen MR) is 149 cm³/mol. The Morgan fingerprint density at radius 2 is 1.81 bits per heavy atom. The van der Waals surface area contributed by atoms with Crippen molar-refractivity contribution in [3.8, 4) is 5.75 Å². The molecule has 0 radical (unpaired) electrons. The van der Waals surface area contributed by atoms with Crippen LogP contribution < -0.4 is 15.4 Å². The normalized spacial score (nSPS) is 11.7. The molecule has 0 saturated carbocycles. The molecule has 2 N–H and O–H groups in total. The maximum Gasteiger partial charge on any atom is 0.265 e. The molecule has 2 amide bonds. The molecule has 0 aliphatic carbocycles. The van der Waals surface area contributed by atoms with Crippen LogP contribution in [0.2, 0.25) is 0 Å². The van der Waals surface area contributed by atoms with Gasteiger partial charge in [-0.15, -0.1) is 23.1 Å². The molecule has 0 saturated heterocycles. The van der Waals surface area contributed by atoms with Gasteiger partial charge in [0.2, 0.25) is 5.91 Å². The summed E-state index contributed by atoms with van der Waals surface area (Å²) < 4.78 is 6.23. The summed E-state index contributed by atoms with van der Waals surface area (Å²) in [5.41, 5.74) is 2.34. The summed E-state index contributed by atoms with van der Waals surface area (Å²) >= 11 is 4.21. The molecular weight excluding hydrogens is 511 g/mol. The van der Waals surface area contributed by atoms with Gasteiger partial charge in [0.25, 0.3) is 5.91 Å². The van der Waals surface area contributed by atoms with E-state index in [9.17, 15) is 9.59 Å². The number of carbonyl (C=O) groups is 2. The molecule has 0 fully saturated rings. The van der Waals surface area contributed by atoms with Crippen LogP contribution in [0.3, 0.4) is 0 Å². The number of hydrogen-bond acceptors (Lipinski definition) is 7. The minimum atomic E-state index is -0.518. The molecule has 0 bridgehead atoms.